The van der Waals surface area contributed by atoms with Crippen molar-refractivity contribution in [1.82, 2.24) is 5.32 Å². The highest BCUT2D eigenvalue weighted by Gasteiger charge is 2.18. The van der Waals surface area contributed by atoms with Gasteiger partial charge in [-0.2, -0.15) is 0 Å². The Morgan fingerprint density at radius 3 is 2.29 bits per heavy atom. The van der Waals surface area contributed by atoms with Crippen LogP contribution in [-0.2, 0) is 19.1 Å². The van der Waals surface area contributed by atoms with Crippen molar-refractivity contribution in [3.8, 4) is 0 Å². The Morgan fingerprint density at radius 2 is 1.82 bits per heavy atom. The second kappa shape index (κ2) is 8.55. The molecule has 0 saturated heterocycles. The molecule has 1 amide bonds. The Hall–Kier alpha value is -1.59. The number of esters is 1. The van der Waals surface area contributed by atoms with Gasteiger partial charge in [-0.15, -0.1) is 0 Å². The van der Waals surface area contributed by atoms with Crippen LogP contribution in [0, 0.1) is 0 Å². The van der Waals surface area contributed by atoms with Gasteiger partial charge in [-0.25, -0.2) is 4.79 Å². The summed E-state index contributed by atoms with van der Waals surface area (Å²) in [6.45, 7) is 1.77. The molecule has 0 radical (unpaired) electrons. The third-order valence-electron chi connectivity index (χ3n) is 2.27. The molecule has 98 valence electrons. The molecule has 0 saturated carbocycles. The molecule has 0 heterocycles. The number of carboxylic acid groups (broad SMARTS) is 1. The van der Waals surface area contributed by atoms with E-state index in [1.807, 2.05) is 0 Å². The molecule has 0 bridgehead atoms. The van der Waals surface area contributed by atoms with Crippen molar-refractivity contribution in [2.24, 2.45) is 0 Å². The third-order valence-corrected chi connectivity index (χ3v) is 2.27. The number of methoxy groups -OCH3 is 1. The molecule has 6 heteroatoms. The van der Waals surface area contributed by atoms with Crippen molar-refractivity contribution in [1.29, 1.82) is 0 Å². The van der Waals surface area contributed by atoms with Crippen LogP contribution in [-0.4, -0.2) is 36.1 Å². The predicted octanol–water partition coefficient (Wildman–Crippen LogP) is 0.699. The summed E-state index contributed by atoms with van der Waals surface area (Å²) in [5.74, 6) is -1.59. The van der Waals surface area contributed by atoms with Crippen molar-refractivity contribution in [2.75, 3.05) is 7.11 Å². The molecule has 0 aromatic rings. The minimum atomic E-state index is -0.869. The van der Waals surface area contributed by atoms with Crippen LogP contribution >= 0.6 is 0 Å². The third kappa shape index (κ3) is 7.32. The Bertz CT molecular complexity index is 277. The summed E-state index contributed by atoms with van der Waals surface area (Å²) in [4.78, 5) is 32.8. The maximum absolute atomic E-state index is 11.4. The fraction of sp³-hybridized carbons (Fsp3) is 0.727. The predicted molar refractivity (Wildman–Crippen MR) is 60.3 cm³/mol. The number of rotatable bonds is 8. The SMILES string of the molecule is CC[C@@H](NC(=O)CCCCC(=O)O)C(=O)OC. The van der Waals surface area contributed by atoms with E-state index in [-0.39, 0.29) is 18.7 Å². The first-order chi connectivity index (χ1) is 8.01. The van der Waals surface area contributed by atoms with E-state index in [0.717, 1.165) is 0 Å². The van der Waals surface area contributed by atoms with Gasteiger partial charge >= 0.3 is 11.9 Å². The normalized spacial score (nSPS) is 11.6. The van der Waals surface area contributed by atoms with Crippen LogP contribution in [0.4, 0.5) is 0 Å². The highest BCUT2D eigenvalue weighted by molar-refractivity contribution is 5.84. The number of carbonyl (C=O) groups excluding carboxylic acids is 2. The molecule has 2 N–H and O–H groups in total. The lowest BCUT2D eigenvalue weighted by Crippen LogP contribution is -2.40. The number of ether oxygens (including phenoxy) is 1. The smallest absolute Gasteiger partial charge is 0.328 e. The van der Waals surface area contributed by atoms with Crippen molar-refractivity contribution in [3.63, 3.8) is 0 Å². The maximum atomic E-state index is 11.4. The van der Waals surface area contributed by atoms with Gasteiger partial charge < -0.3 is 15.2 Å². The Kier molecular flexibility index (Phi) is 7.75. The molecule has 0 spiro atoms. The van der Waals surface area contributed by atoms with Crippen LogP contribution in [0.5, 0.6) is 0 Å². The molecule has 0 aliphatic heterocycles. The molecular weight excluding hydrogens is 226 g/mol. The van der Waals surface area contributed by atoms with Crippen molar-refractivity contribution in [2.45, 2.75) is 45.1 Å². The summed E-state index contributed by atoms with van der Waals surface area (Å²) in [7, 11) is 1.27. The summed E-state index contributed by atoms with van der Waals surface area (Å²) in [5, 5.41) is 10.9. The molecule has 0 fully saturated rings. The summed E-state index contributed by atoms with van der Waals surface area (Å²) >= 11 is 0. The van der Waals surface area contributed by atoms with E-state index in [1.54, 1.807) is 6.92 Å². The van der Waals surface area contributed by atoms with Crippen LogP contribution < -0.4 is 5.32 Å². The van der Waals surface area contributed by atoms with E-state index in [2.05, 4.69) is 10.1 Å². The number of aliphatic carboxylic acids is 1. The molecule has 0 aliphatic carbocycles. The topological polar surface area (TPSA) is 92.7 Å². The van der Waals surface area contributed by atoms with Crippen LogP contribution in [0.15, 0.2) is 0 Å². The average molecular weight is 245 g/mol. The first-order valence-corrected chi connectivity index (χ1v) is 5.60. The molecule has 0 aromatic carbocycles. The van der Waals surface area contributed by atoms with Crippen molar-refractivity contribution >= 4 is 17.8 Å². The number of nitrogens with one attached hydrogen (secondary N) is 1. The van der Waals surface area contributed by atoms with Gasteiger partial charge in [0, 0.05) is 12.8 Å². The van der Waals surface area contributed by atoms with Gasteiger partial charge in [0.05, 0.1) is 7.11 Å². The monoisotopic (exact) mass is 245 g/mol. The number of amides is 1. The Morgan fingerprint density at radius 1 is 1.24 bits per heavy atom. The Balaban J connectivity index is 3.83. The standard InChI is InChI=1S/C11H19NO5/c1-3-8(11(16)17-2)12-9(13)6-4-5-7-10(14)15/h8H,3-7H2,1-2H3,(H,12,13)(H,14,15)/t8-/m1/s1. The first kappa shape index (κ1) is 15.4. The molecular formula is C11H19NO5. The molecule has 0 aromatic heterocycles. The second-order valence-electron chi connectivity index (χ2n) is 3.65. The maximum Gasteiger partial charge on any atom is 0.328 e. The van der Waals surface area contributed by atoms with Crippen LogP contribution in [0.1, 0.15) is 39.0 Å². The zero-order valence-corrected chi connectivity index (χ0v) is 10.2. The van der Waals surface area contributed by atoms with Gasteiger partial charge in [-0.05, 0) is 19.3 Å². The number of hydrogen-bond acceptors (Lipinski definition) is 4. The number of hydrogen-bond donors (Lipinski definition) is 2. The zero-order chi connectivity index (χ0) is 13.3. The van der Waals surface area contributed by atoms with E-state index in [9.17, 15) is 14.4 Å². The lowest BCUT2D eigenvalue weighted by molar-refractivity contribution is -0.145. The largest absolute Gasteiger partial charge is 0.481 e. The highest BCUT2D eigenvalue weighted by atomic mass is 16.5. The Labute approximate surface area is 100 Å². The lowest BCUT2D eigenvalue weighted by atomic mass is 10.1. The second-order valence-corrected chi connectivity index (χ2v) is 3.65. The summed E-state index contributed by atoms with van der Waals surface area (Å²) in [5.41, 5.74) is 0. The first-order valence-electron chi connectivity index (χ1n) is 5.60. The quantitative estimate of drug-likeness (QED) is 0.485. The van der Waals surface area contributed by atoms with Crippen molar-refractivity contribution in [3.05, 3.63) is 0 Å². The molecule has 17 heavy (non-hydrogen) atoms. The van der Waals surface area contributed by atoms with E-state index in [4.69, 9.17) is 5.11 Å². The summed E-state index contributed by atoms with van der Waals surface area (Å²) in [6, 6.07) is -0.619. The average Bonchev–Trinajstić information content (AvgIpc) is 2.30. The van der Waals surface area contributed by atoms with Gasteiger partial charge in [0.1, 0.15) is 6.04 Å². The number of carbonyl (C=O) groups is 3. The van der Waals surface area contributed by atoms with Crippen LogP contribution in [0.25, 0.3) is 0 Å². The fourth-order valence-corrected chi connectivity index (χ4v) is 1.30. The van der Waals surface area contributed by atoms with E-state index >= 15 is 0 Å². The van der Waals surface area contributed by atoms with E-state index < -0.39 is 18.0 Å². The summed E-state index contributed by atoms with van der Waals surface area (Å²) < 4.78 is 4.53. The van der Waals surface area contributed by atoms with Crippen LogP contribution in [0.3, 0.4) is 0 Å². The zero-order valence-electron chi connectivity index (χ0n) is 10.2. The minimum Gasteiger partial charge on any atom is -0.481 e. The molecule has 0 unspecified atom stereocenters. The van der Waals surface area contributed by atoms with Crippen molar-refractivity contribution < 1.29 is 24.2 Å². The van der Waals surface area contributed by atoms with Gasteiger partial charge in [0.25, 0.3) is 0 Å². The molecule has 6 nitrogen and oxygen atoms in total. The lowest BCUT2D eigenvalue weighted by Gasteiger charge is -2.14. The number of carboxylic acids is 1. The number of unbranched alkanes of at least 4 members (excludes halogenated alkanes) is 1. The van der Waals surface area contributed by atoms with Gasteiger partial charge in [0.2, 0.25) is 5.91 Å². The molecule has 0 rings (SSSR count). The molecule has 1 atom stereocenters. The van der Waals surface area contributed by atoms with Gasteiger partial charge in [-0.3, -0.25) is 9.59 Å². The highest BCUT2D eigenvalue weighted by Crippen LogP contribution is 2.01. The van der Waals surface area contributed by atoms with Crippen LogP contribution in [0.2, 0.25) is 0 Å². The molecule has 0 aliphatic rings. The fourth-order valence-electron chi connectivity index (χ4n) is 1.30. The van der Waals surface area contributed by atoms with E-state index in [1.165, 1.54) is 7.11 Å². The van der Waals surface area contributed by atoms with E-state index in [0.29, 0.717) is 19.3 Å². The summed E-state index contributed by atoms with van der Waals surface area (Å²) in [6.07, 6.45) is 1.70. The minimum absolute atomic E-state index is 0.0570. The van der Waals surface area contributed by atoms with Gasteiger partial charge in [-0.1, -0.05) is 6.92 Å². The van der Waals surface area contributed by atoms with Gasteiger partial charge in [0.15, 0.2) is 0 Å².